The monoisotopic (exact) mass is 336 g/mol. The highest BCUT2D eigenvalue weighted by Gasteiger charge is 2.11. The lowest BCUT2D eigenvalue weighted by atomic mass is 10.2. The highest BCUT2D eigenvalue weighted by atomic mass is 35.5. The number of aryl methyl sites for hydroxylation is 1. The van der Waals surface area contributed by atoms with Gasteiger partial charge in [-0.3, -0.25) is 0 Å². The van der Waals surface area contributed by atoms with E-state index in [1.165, 1.54) is 16.3 Å². The Balaban J connectivity index is 2.18. The maximum Gasteiger partial charge on any atom is 0.235 e. The summed E-state index contributed by atoms with van der Waals surface area (Å²) in [6.45, 7) is 2.49. The van der Waals surface area contributed by atoms with Crippen LogP contribution in [0.4, 0.5) is 0 Å². The Morgan fingerprint density at radius 3 is 2.86 bits per heavy atom. The average Bonchev–Trinajstić information content (AvgIpc) is 2.96. The third kappa shape index (κ3) is 2.67. The van der Waals surface area contributed by atoms with Crippen molar-refractivity contribution in [1.29, 1.82) is 0 Å². The van der Waals surface area contributed by atoms with Gasteiger partial charge in [0.25, 0.3) is 0 Å². The van der Waals surface area contributed by atoms with Crippen molar-refractivity contribution in [3.05, 3.63) is 46.3 Å². The van der Waals surface area contributed by atoms with Crippen LogP contribution in [-0.2, 0) is 6.54 Å². The summed E-state index contributed by atoms with van der Waals surface area (Å²) in [7, 11) is 0. The van der Waals surface area contributed by atoms with E-state index in [0.717, 1.165) is 11.3 Å². The molecule has 0 atom stereocenters. The van der Waals surface area contributed by atoms with Crippen LogP contribution in [0.25, 0.3) is 5.78 Å². The quantitative estimate of drug-likeness (QED) is 0.342. The first-order chi connectivity index (χ1) is 10.6. The van der Waals surface area contributed by atoms with Crippen molar-refractivity contribution in [3.8, 4) is 0 Å². The van der Waals surface area contributed by atoms with Gasteiger partial charge >= 0.3 is 0 Å². The molecule has 3 aromatic rings. The van der Waals surface area contributed by atoms with Crippen LogP contribution in [0.2, 0.25) is 5.15 Å². The van der Waals surface area contributed by atoms with Crippen LogP contribution in [0.5, 0.6) is 0 Å². The fraction of sp³-hybridized carbons (Fsp3) is 0.231. The highest BCUT2D eigenvalue weighted by molar-refractivity contribution is 7.98. The number of nitrogens with zero attached hydrogens (tertiary/aromatic N) is 6. The molecule has 0 radical (unpaired) electrons. The average molecular weight is 337 g/mol. The number of pyridine rings is 1. The molecule has 0 aliphatic heterocycles. The number of hydrogen-bond acceptors (Lipinski definition) is 6. The fourth-order valence-corrected chi connectivity index (χ4v) is 2.58. The molecule has 0 spiro atoms. The summed E-state index contributed by atoms with van der Waals surface area (Å²) in [6, 6.07) is 5.40. The van der Waals surface area contributed by atoms with Crippen LogP contribution >= 0.6 is 23.4 Å². The summed E-state index contributed by atoms with van der Waals surface area (Å²) in [6.07, 6.45) is 3.62. The lowest BCUT2D eigenvalue weighted by molar-refractivity contribution is 0.295. The van der Waals surface area contributed by atoms with Crippen LogP contribution in [-0.4, -0.2) is 35.6 Å². The maximum absolute atomic E-state index is 9.15. The summed E-state index contributed by atoms with van der Waals surface area (Å²) in [5.41, 5.74) is 2.22. The zero-order chi connectivity index (χ0) is 15.7. The van der Waals surface area contributed by atoms with E-state index >= 15 is 0 Å². The van der Waals surface area contributed by atoms with Crippen molar-refractivity contribution in [2.45, 2.75) is 18.6 Å². The van der Waals surface area contributed by atoms with Crippen LogP contribution in [0, 0.1) is 6.92 Å². The van der Waals surface area contributed by atoms with Gasteiger partial charge < -0.3 is 9.77 Å². The van der Waals surface area contributed by atoms with Gasteiger partial charge in [0.05, 0.1) is 6.54 Å². The molecule has 0 saturated heterocycles. The van der Waals surface area contributed by atoms with E-state index in [1.54, 1.807) is 18.3 Å². The van der Waals surface area contributed by atoms with Crippen LogP contribution in [0.1, 0.15) is 11.3 Å². The van der Waals surface area contributed by atoms with E-state index in [2.05, 4.69) is 20.2 Å². The normalized spacial score (nSPS) is 12.2. The van der Waals surface area contributed by atoms with Crippen LogP contribution in [0.3, 0.4) is 0 Å². The smallest absolute Gasteiger partial charge is 0.235 e. The van der Waals surface area contributed by atoms with Crippen molar-refractivity contribution < 1.29 is 5.21 Å². The summed E-state index contributed by atoms with van der Waals surface area (Å²) in [5.74, 6) is 0.604. The summed E-state index contributed by atoms with van der Waals surface area (Å²) >= 11 is 7.24. The molecule has 0 aromatic carbocycles. The Morgan fingerprint density at radius 1 is 1.41 bits per heavy atom. The van der Waals surface area contributed by atoms with Crippen molar-refractivity contribution in [2.75, 3.05) is 6.26 Å². The molecule has 9 heteroatoms. The number of thioether (sulfide) groups is 1. The van der Waals surface area contributed by atoms with Crippen LogP contribution in [0.15, 0.2) is 34.7 Å². The minimum atomic E-state index is 0.339. The van der Waals surface area contributed by atoms with Gasteiger partial charge in [-0.2, -0.15) is 9.50 Å². The highest BCUT2D eigenvalue weighted by Crippen LogP contribution is 2.13. The predicted octanol–water partition coefficient (Wildman–Crippen LogP) is 1.95. The lowest BCUT2D eigenvalue weighted by Gasteiger charge is -2.11. The largest absolute Gasteiger partial charge is 0.409 e. The number of halogens is 1. The molecule has 0 unspecified atom stereocenters. The zero-order valence-electron chi connectivity index (χ0n) is 11.9. The number of fused-ring (bicyclic) bond motifs is 1. The van der Waals surface area contributed by atoms with Gasteiger partial charge in [0, 0.05) is 18.0 Å². The van der Waals surface area contributed by atoms with Gasteiger partial charge in [0.2, 0.25) is 10.9 Å². The van der Waals surface area contributed by atoms with Crippen LogP contribution < -0.4 is 5.49 Å². The minimum Gasteiger partial charge on any atom is -0.409 e. The van der Waals surface area contributed by atoms with E-state index < -0.39 is 0 Å². The topological polar surface area (TPSA) is 80.6 Å². The molecule has 1 N–H and O–H groups in total. The molecule has 22 heavy (non-hydrogen) atoms. The van der Waals surface area contributed by atoms with Gasteiger partial charge in [-0.25, -0.2) is 4.98 Å². The molecule has 3 aromatic heterocycles. The minimum absolute atomic E-state index is 0.339. The molecule has 0 bridgehead atoms. The summed E-state index contributed by atoms with van der Waals surface area (Å²) < 4.78 is 3.49. The third-order valence-electron chi connectivity index (χ3n) is 3.21. The molecule has 0 fully saturated rings. The van der Waals surface area contributed by atoms with Gasteiger partial charge in [-0.1, -0.05) is 34.6 Å². The molecular formula is C13H13ClN6OS. The van der Waals surface area contributed by atoms with Gasteiger partial charge in [0.15, 0.2) is 5.49 Å². The molecule has 0 amide bonds. The molecular weight excluding hydrogens is 324 g/mol. The van der Waals surface area contributed by atoms with Crippen molar-refractivity contribution in [2.24, 2.45) is 5.16 Å². The molecule has 0 aliphatic carbocycles. The second kappa shape index (κ2) is 5.98. The van der Waals surface area contributed by atoms with E-state index in [4.69, 9.17) is 16.8 Å². The maximum atomic E-state index is 9.15. The molecule has 0 aliphatic rings. The Hall–Kier alpha value is -2.06. The van der Waals surface area contributed by atoms with Gasteiger partial charge in [-0.05, 0) is 24.8 Å². The van der Waals surface area contributed by atoms with Crippen molar-refractivity contribution >= 4 is 29.1 Å². The third-order valence-corrected chi connectivity index (χ3v) is 3.97. The SMILES string of the molecule is CSc1nc2n(Cc3ccc(Cl)nc3)c(C)cc(=NO)n2n1. The lowest BCUT2D eigenvalue weighted by Crippen LogP contribution is -2.22. The Morgan fingerprint density at radius 2 is 2.23 bits per heavy atom. The molecule has 0 saturated carbocycles. The van der Waals surface area contributed by atoms with Crippen molar-refractivity contribution in [3.63, 3.8) is 0 Å². The first-order valence-corrected chi connectivity index (χ1v) is 8.02. The zero-order valence-corrected chi connectivity index (χ0v) is 13.5. The van der Waals surface area contributed by atoms with E-state index in [0.29, 0.717) is 28.1 Å². The number of hydrogen-bond donors (Lipinski definition) is 1. The predicted molar refractivity (Wildman–Crippen MR) is 83.2 cm³/mol. The van der Waals surface area contributed by atoms with E-state index in [9.17, 15) is 0 Å². The molecule has 7 nitrogen and oxygen atoms in total. The fourth-order valence-electron chi connectivity index (χ4n) is 2.13. The van der Waals surface area contributed by atoms with E-state index in [-0.39, 0.29) is 0 Å². The Labute approximate surface area is 135 Å². The Kier molecular flexibility index (Phi) is 4.04. The number of aromatic nitrogens is 5. The number of rotatable bonds is 3. The second-order valence-corrected chi connectivity index (χ2v) is 5.79. The molecule has 3 rings (SSSR count). The van der Waals surface area contributed by atoms with Gasteiger partial charge in [0.1, 0.15) is 5.15 Å². The molecule has 114 valence electrons. The van der Waals surface area contributed by atoms with Gasteiger partial charge in [-0.15, -0.1) is 5.10 Å². The Bertz CT molecular complexity index is 886. The second-order valence-electron chi connectivity index (χ2n) is 4.63. The van der Waals surface area contributed by atoms with E-state index in [1.807, 2.05) is 23.8 Å². The standard InChI is InChI=1S/C13H13ClN6OS/c1-8-5-11(18-21)20-13(16-12(17-20)22-2)19(8)7-9-3-4-10(14)15-6-9/h3-6,21H,7H2,1-2H3. The summed E-state index contributed by atoms with van der Waals surface area (Å²) in [5, 5.41) is 17.8. The van der Waals surface area contributed by atoms with Crippen molar-refractivity contribution in [1.82, 2.24) is 24.1 Å². The first-order valence-electron chi connectivity index (χ1n) is 6.42. The first kappa shape index (κ1) is 14.9. The molecule has 3 heterocycles. The summed E-state index contributed by atoms with van der Waals surface area (Å²) in [4.78, 5) is 8.56.